The summed E-state index contributed by atoms with van der Waals surface area (Å²) in [5, 5.41) is 12.7. The Morgan fingerprint density at radius 1 is 1.67 bits per heavy atom. The second kappa shape index (κ2) is 2.98. The number of ether oxygens (including phenoxy) is 1. The van der Waals surface area contributed by atoms with Gasteiger partial charge in [0.15, 0.2) is 0 Å². The van der Waals surface area contributed by atoms with Gasteiger partial charge in [0, 0.05) is 12.0 Å². The van der Waals surface area contributed by atoms with Crippen molar-refractivity contribution in [1.82, 2.24) is 5.32 Å². The molecule has 2 fully saturated rings. The van der Waals surface area contributed by atoms with Crippen LogP contribution in [0.2, 0.25) is 0 Å². The minimum absolute atomic E-state index is 0.0255. The van der Waals surface area contributed by atoms with Crippen molar-refractivity contribution >= 4 is 0 Å². The highest BCUT2D eigenvalue weighted by Crippen LogP contribution is 2.40. The third-order valence-corrected chi connectivity index (χ3v) is 3.15. The van der Waals surface area contributed by atoms with E-state index in [9.17, 15) is 5.11 Å². The Morgan fingerprint density at radius 3 is 3.17 bits per heavy atom. The molecule has 2 saturated heterocycles. The molecule has 0 bridgehead atoms. The highest BCUT2D eigenvalue weighted by atomic mass is 16.5. The molecule has 0 unspecified atom stereocenters. The summed E-state index contributed by atoms with van der Waals surface area (Å²) < 4.78 is 5.76. The fourth-order valence-corrected chi connectivity index (χ4v) is 2.53. The van der Waals surface area contributed by atoms with Crippen molar-refractivity contribution in [3.63, 3.8) is 0 Å². The first-order valence-corrected chi connectivity index (χ1v) is 4.74. The summed E-state index contributed by atoms with van der Waals surface area (Å²) in [7, 11) is 0. The first-order valence-electron chi connectivity index (χ1n) is 4.74. The molecular formula is C9H17NO2. The molecule has 2 aliphatic heterocycles. The van der Waals surface area contributed by atoms with Crippen LogP contribution in [0.25, 0.3) is 0 Å². The van der Waals surface area contributed by atoms with Gasteiger partial charge >= 0.3 is 0 Å². The molecule has 2 N–H and O–H groups in total. The zero-order chi connectivity index (χ0) is 8.60. The van der Waals surface area contributed by atoms with Crippen LogP contribution in [0.4, 0.5) is 0 Å². The van der Waals surface area contributed by atoms with E-state index in [0.717, 1.165) is 25.9 Å². The number of fused-ring (bicyclic) bond motifs is 1. The van der Waals surface area contributed by atoms with Crippen molar-refractivity contribution in [3.8, 4) is 0 Å². The SMILES string of the molecule is C[C@@H]1C[C@@]2(CO)CNCC[C@@H]2O1. The normalized spacial score (nSPS) is 47.5. The van der Waals surface area contributed by atoms with Crippen LogP contribution in [0.5, 0.6) is 0 Å². The summed E-state index contributed by atoms with van der Waals surface area (Å²) in [6.07, 6.45) is 2.66. The molecule has 0 saturated carbocycles. The lowest BCUT2D eigenvalue weighted by Crippen LogP contribution is -2.49. The third-order valence-electron chi connectivity index (χ3n) is 3.15. The van der Waals surface area contributed by atoms with E-state index in [2.05, 4.69) is 12.2 Å². The molecule has 2 aliphatic rings. The number of hydrogen-bond donors (Lipinski definition) is 2. The minimum Gasteiger partial charge on any atom is -0.396 e. The Kier molecular flexibility index (Phi) is 2.10. The van der Waals surface area contributed by atoms with Gasteiger partial charge in [-0.2, -0.15) is 0 Å². The van der Waals surface area contributed by atoms with Gasteiger partial charge in [-0.15, -0.1) is 0 Å². The van der Waals surface area contributed by atoms with Crippen molar-refractivity contribution in [2.75, 3.05) is 19.7 Å². The van der Waals surface area contributed by atoms with Gasteiger partial charge in [-0.3, -0.25) is 0 Å². The van der Waals surface area contributed by atoms with Crippen LogP contribution in [0, 0.1) is 5.41 Å². The maximum Gasteiger partial charge on any atom is 0.0682 e. The van der Waals surface area contributed by atoms with Crippen LogP contribution in [0.3, 0.4) is 0 Å². The largest absolute Gasteiger partial charge is 0.396 e. The second-order valence-electron chi connectivity index (χ2n) is 4.13. The van der Waals surface area contributed by atoms with Gasteiger partial charge in [0.1, 0.15) is 0 Å². The van der Waals surface area contributed by atoms with E-state index < -0.39 is 0 Å². The van der Waals surface area contributed by atoms with Gasteiger partial charge in [0.05, 0.1) is 18.8 Å². The maximum atomic E-state index is 9.35. The zero-order valence-corrected chi connectivity index (χ0v) is 7.55. The van der Waals surface area contributed by atoms with Crippen molar-refractivity contribution in [3.05, 3.63) is 0 Å². The molecule has 0 spiro atoms. The van der Waals surface area contributed by atoms with Crippen LogP contribution in [-0.2, 0) is 4.74 Å². The lowest BCUT2D eigenvalue weighted by atomic mass is 9.77. The highest BCUT2D eigenvalue weighted by Gasteiger charge is 2.47. The van der Waals surface area contributed by atoms with Crippen molar-refractivity contribution < 1.29 is 9.84 Å². The van der Waals surface area contributed by atoms with Gasteiger partial charge in [-0.05, 0) is 26.3 Å². The van der Waals surface area contributed by atoms with Crippen molar-refractivity contribution in [1.29, 1.82) is 0 Å². The summed E-state index contributed by atoms with van der Waals surface area (Å²) in [5.41, 5.74) is 0.0255. The van der Waals surface area contributed by atoms with Gasteiger partial charge in [-0.25, -0.2) is 0 Å². The summed E-state index contributed by atoms with van der Waals surface area (Å²) in [6.45, 7) is 4.29. The zero-order valence-electron chi connectivity index (χ0n) is 7.55. The molecule has 3 heteroatoms. The predicted molar refractivity (Wildman–Crippen MR) is 46.0 cm³/mol. The van der Waals surface area contributed by atoms with Crippen LogP contribution < -0.4 is 5.32 Å². The number of piperidine rings is 1. The monoisotopic (exact) mass is 171 g/mol. The van der Waals surface area contributed by atoms with E-state index in [-0.39, 0.29) is 12.0 Å². The van der Waals surface area contributed by atoms with Crippen LogP contribution in [0.1, 0.15) is 19.8 Å². The molecule has 2 heterocycles. The highest BCUT2D eigenvalue weighted by molar-refractivity contribution is 4.98. The molecule has 2 rings (SSSR count). The Balaban J connectivity index is 2.14. The Morgan fingerprint density at radius 2 is 2.50 bits per heavy atom. The minimum atomic E-state index is 0.0255. The lowest BCUT2D eigenvalue weighted by molar-refractivity contribution is -0.0209. The first kappa shape index (κ1) is 8.48. The molecule has 70 valence electrons. The topological polar surface area (TPSA) is 41.5 Å². The number of nitrogens with one attached hydrogen (secondary N) is 1. The van der Waals surface area contributed by atoms with Gasteiger partial charge in [-0.1, -0.05) is 0 Å². The molecule has 0 aromatic heterocycles. The number of hydrogen-bond acceptors (Lipinski definition) is 3. The van der Waals surface area contributed by atoms with Gasteiger partial charge in [0.25, 0.3) is 0 Å². The fourth-order valence-electron chi connectivity index (χ4n) is 2.53. The molecule has 12 heavy (non-hydrogen) atoms. The number of aliphatic hydroxyl groups is 1. The Bertz CT molecular complexity index is 174. The van der Waals surface area contributed by atoms with E-state index in [0.29, 0.717) is 12.2 Å². The van der Waals surface area contributed by atoms with Crippen molar-refractivity contribution in [2.45, 2.75) is 32.0 Å². The average Bonchev–Trinajstić information content (AvgIpc) is 2.41. The predicted octanol–water partition coefficient (Wildman–Crippen LogP) is 0.136. The van der Waals surface area contributed by atoms with E-state index in [4.69, 9.17) is 4.74 Å². The molecule has 0 radical (unpaired) electrons. The molecule has 0 amide bonds. The quantitative estimate of drug-likeness (QED) is 0.589. The number of aliphatic hydroxyl groups excluding tert-OH is 1. The smallest absolute Gasteiger partial charge is 0.0682 e. The maximum absolute atomic E-state index is 9.35. The molecule has 0 aromatic carbocycles. The average molecular weight is 171 g/mol. The molecular weight excluding hydrogens is 154 g/mol. The van der Waals surface area contributed by atoms with Crippen LogP contribution in [0.15, 0.2) is 0 Å². The Labute approximate surface area is 73.1 Å². The standard InChI is InChI=1S/C9H17NO2/c1-7-4-9(6-11)5-10-3-2-8(9)12-7/h7-8,10-11H,2-6H2,1H3/t7-,8+,9+/m1/s1. The van der Waals surface area contributed by atoms with E-state index in [1.165, 1.54) is 0 Å². The van der Waals surface area contributed by atoms with Gasteiger partial charge in [0.2, 0.25) is 0 Å². The van der Waals surface area contributed by atoms with E-state index in [1.807, 2.05) is 0 Å². The molecule has 3 atom stereocenters. The van der Waals surface area contributed by atoms with E-state index >= 15 is 0 Å². The third kappa shape index (κ3) is 1.16. The summed E-state index contributed by atoms with van der Waals surface area (Å²) in [5.74, 6) is 0. The second-order valence-corrected chi connectivity index (χ2v) is 4.13. The van der Waals surface area contributed by atoms with Gasteiger partial charge < -0.3 is 15.2 Å². The lowest BCUT2D eigenvalue weighted by Gasteiger charge is -2.36. The fraction of sp³-hybridized carbons (Fsp3) is 1.00. The van der Waals surface area contributed by atoms with Crippen molar-refractivity contribution in [2.24, 2.45) is 5.41 Å². The molecule has 0 aliphatic carbocycles. The summed E-state index contributed by atoms with van der Waals surface area (Å²) in [4.78, 5) is 0. The number of rotatable bonds is 1. The van der Waals surface area contributed by atoms with Crippen LogP contribution in [-0.4, -0.2) is 37.0 Å². The Hall–Kier alpha value is -0.120. The van der Waals surface area contributed by atoms with E-state index in [1.54, 1.807) is 0 Å². The summed E-state index contributed by atoms with van der Waals surface area (Å²) in [6, 6.07) is 0. The first-order chi connectivity index (χ1) is 5.77. The van der Waals surface area contributed by atoms with Crippen LogP contribution >= 0.6 is 0 Å². The molecule has 0 aromatic rings. The summed E-state index contributed by atoms with van der Waals surface area (Å²) >= 11 is 0. The molecule has 3 nitrogen and oxygen atoms in total.